The van der Waals surface area contributed by atoms with Gasteiger partial charge in [-0.3, -0.25) is 4.99 Å². The van der Waals surface area contributed by atoms with Gasteiger partial charge in [0.15, 0.2) is 15.8 Å². The number of hydrogen-bond acceptors (Lipinski definition) is 4. The summed E-state index contributed by atoms with van der Waals surface area (Å²) < 4.78 is 23.6. The Morgan fingerprint density at radius 2 is 1.87 bits per heavy atom. The van der Waals surface area contributed by atoms with Gasteiger partial charge in [-0.15, -0.1) is 0 Å². The predicted molar refractivity (Wildman–Crippen MR) is 95.7 cm³/mol. The molecular weight excluding hydrogens is 312 g/mol. The lowest BCUT2D eigenvalue weighted by Crippen LogP contribution is -2.59. The van der Waals surface area contributed by atoms with E-state index in [0.29, 0.717) is 13.1 Å². The molecule has 1 N–H and O–H groups in total. The minimum atomic E-state index is -3.02. The second-order valence-electron chi connectivity index (χ2n) is 7.73. The standard InChI is InChI=1S/C16H32N4O2S/c1-15(2)13-20(10-11-23(15,21)22)14(17-3)18-12-16(19(4)5)8-6-7-9-16/h6-13H2,1-5H3,(H,17,18). The first kappa shape index (κ1) is 18.5. The molecule has 0 unspecified atom stereocenters. The summed E-state index contributed by atoms with van der Waals surface area (Å²) in [5.41, 5.74) is 0.188. The summed E-state index contributed by atoms with van der Waals surface area (Å²) in [6.07, 6.45) is 4.94. The fraction of sp³-hybridized carbons (Fsp3) is 0.938. The van der Waals surface area contributed by atoms with Gasteiger partial charge in [0, 0.05) is 32.2 Å². The maximum absolute atomic E-state index is 12.2. The van der Waals surface area contributed by atoms with E-state index in [1.807, 2.05) is 0 Å². The van der Waals surface area contributed by atoms with E-state index in [-0.39, 0.29) is 11.3 Å². The Labute approximate surface area is 141 Å². The number of sulfone groups is 1. The van der Waals surface area contributed by atoms with Crippen molar-refractivity contribution in [1.82, 2.24) is 15.1 Å². The topological polar surface area (TPSA) is 65.0 Å². The Balaban J connectivity index is 2.04. The van der Waals surface area contributed by atoms with Crippen LogP contribution in [0, 0.1) is 0 Å². The first-order valence-electron chi connectivity index (χ1n) is 8.49. The third-order valence-electron chi connectivity index (χ3n) is 5.61. The van der Waals surface area contributed by atoms with Crippen LogP contribution < -0.4 is 5.32 Å². The van der Waals surface area contributed by atoms with Crippen molar-refractivity contribution >= 4 is 15.8 Å². The number of guanidine groups is 1. The van der Waals surface area contributed by atoms with E-state index in [9.17, 15) is 8.42 Å². The van der Waals surface area contributed by atoms with Crippen molar-refractivity contribution in [3.63, 3.8) is 0 Å². The molecule has 7 heteroatoms. The average Bonchev–Trinajstić information content (AvgIpc) is 2.93. The molecule has 1 heterocycles. The van der Waals surface area contributed by atoms with Gasteiger partial charge in [0.25, 0.3) is 0 Å². The van der Waals surface area contributed by atoms with Crippen LogP contribution in [0.2, 0.25) is 0 Å². The van der Waals surface area contributed by atoms with Crippen LogP contribution >= 0.6 is 0 Å². The van der Waals surface area contributed by atoms with Crippen LogP contribution in [0.3, 0.4) is 0 Å². The summed E-state index contributed by atoms with van der Waals surface area (Å²) in [7, 11) is 3.04. The van der Waals surface area contributed by atoms with Crippen molar-refractivity contribution in [3.05, 3.63) is 0 Å². The Morgan fingerprint density at radius 3 is 2.35 bits per heavy atom. The second-order valence-corrected chi connectivity index (χ2v) is 10.5. The molecule has 0 radical (unpaired) electrons. The molecule has 1 saturated carbocycles. The zero-order valence-corrected chi connectivity index (χ0v) is 16.0. The van der Waals surface area contributed by atoms with E-state index in [0.717, 1.165) is 12.5 Å². The molecule has 6 nitrogen and oxygen atoms in total. The van der Waals surface area contributed by atoms with E-state index in [2.05, 4.69) is 34.2 Å². The molecule has 23 heavy (non-hydrogen) atoms. The number of nitrogens with zero attached hydrogens (tertiary/aromatic N) is 3. The van der Waals surface area contributed by atoms with Crippen molar-refractivity contribution in [3.8, 4) is 0 Å². The molecule has 1 saturated heterocycles. The predicted octanol–water partition coefficient (Wildman–Crippen LogP) is 0.945. The van der Waals surface area contributed by atoms with Crippen LogP contribution in [0.15, 0.2) is 4.99 Å². The van der Waals surface area contributed by atoms with Gasteiger partial charge < -0.3 is 15.1 Å². The third-order valence-corrected chi connectivity index (χ3v) is 8.15. The zero-order chi connectivity index (χ0) is 17.3. The van der Waals surface area contributed by atoms with E-state index in [1.54, 1.807) is 20.9 Å². The molecule has 134 valence electrons. The molecule has 2 aliphatic rings. The van der Waals surface area contributed by atoms with Crippen LogP contribution in [-0.2, 0) is 9.84 Å². The van der Waals surface area contributed by atoms with Crippen molar-refractivity contribution in [2.45, 2.75) is 49.8 Å². The smallest absolute Gasteiger partial charge is 0.193 e. The lowest BCUT2D eigenvalue weighted by molar-refractivity contribution is 0.159. The molecule has 0 amide bonds. The number of rotatable bonds is 3. The lowest BCUT2D eigenvalue weighted by atomic mass is 9.96. The van der Waals surface area contributed by atoms with E-state index in [4.69, 9.17) is 0 Å². The second kappa shape index (κ2) is 6.59. The first-order chi connectivity index (χ1) is 10.6. The fourth-order valence-corrected chi connectivity index (χ4v) is 5.08. The Kier molecular flexibility index (Phi) is 5.31. The quantitative estimate of drug-likeness (QED) is 0.610. The molecule has 0 aromatic rings. The zero-order valence-electron chi connectivity index (χ0n) is 15.2. The van der Waals surface area contributed by atoms with Crippen LogP contribution in [0.5, 0.6) is 0 Å². The summed E-state index contributed by atoms with van der Waals surface area (Å²) in [6, 6.07) is 0. The van der Waals surface area contributed by atoms with Crippen molar-refractivity contribution in [2.75, 3.05) is 46.5 Å². The molecule has 0 atom stereocenters. The summed E-state index contributed by atoms with van der Waals surface area (Å²) in [6.45, 7) is 5.47. The molecule has 0 aromatic carbocycles. The highest BCUT2D eigenvalue weighted by Gasteiger charge is 2.42. The average molecular weight is 345 g/mol. The van der Waals surface area contributed by atoms with Gasteiger partial charge >= 0.3 is 0 Å². The van der Waals surface area contributed by atoms with Gasteiger partial charge in [-0.1, -0.05) is 12.8 Å². The Bertz CT molecular complexity index is 548. The van der Waals surface area contributed by atoms with Crippen LogP contribution in [0.4, 0.5) is 0 Å². The minimum Gasteiger partial charge on any atom is -0.354 e. The highest BCUT2D eigenvalue weighted by Crippen LogP contribution is 2.33. The van der Waals surface area contributed by atoms with Crippen LogP contribution in [0.25, 0.3) is 0 Å². The van der Waals surface area contributed by atoms with Gasteiger partial charge in [-0.2, -0.15) is 0 Å². The summed E-state index contributed by atoms with van der Waals surface area (Å²) in [4.78, 5) is 8.80. The van der Waals surface area contributed by atoms with Crippen molar-refractivity contribution in [1.29, 1.82) is 0 Å². The SMILES string of the molecule is CN=C(NCC1(N(C)C)CCCC1)N1CCS(=O)(=O)C(C)(C)C1. The molecular formula is C16H32N4O2S. The van der Waals surface area contributed by atoms with Crippen molar-refractivity contribution < 1.29 is 8.42 Å². The number of aliphatic imine (C=N–C) groups is 1. The van der Waals surface area contributed by atoms with Gasteiger partial charge in [-0.25, -0.2) is 8.42 Å². The largest absolute Gasteiger partial charge is 0.354 e. The molecule has 1 aliphatic carbocycles. The highest BCUT2D eigenvalue weighted by atomic mass is 32.2. The number of hydrogen-bond donors (Lipinski definition) is 1. The summed E-state index contributed by atoms with van der Waals surface area (Å²) in [5.74, 6) is 1.01. The maximum Gasteiger partial charge on any atom is 0.193 e. The Hall–Kier alpha value is -0.820. The number of nitrogens with one attached hydrogen (secondary N) is 1. The summed E-state index contributed by atoms with van der Waals surface area (Å²) in [5, 5.41) is 3.51. The van der Waals surface area contributed by atoms with Gasteiger partial charge in [0.05, 0.1) is 10.5 Å². The first-order valence-corrected chi connectivity index (χ1v) is 10.1. The third kappa shape index (κ3) is 3.65. The number of likely N-dealkylation sites (N-methyl/N-ethyl adjacent to an activating group) is 1. The molecule has 1 aliphatic heterocycles. The highest BCUT2D eigenvalue weighted by molar-refractivity contribution is 7.92. The van der Waals surface area contributed by atoms with Crippen LogP contribution in [-0.4, -0.2) is 81.0 Å². The van der Waals surface area contributed by atoms with Gasteiger partial charge in [0.1, 0.15) is 0 Å². The molecule has 0 spiro atoms. The van der Waals surface area contributed by atoms with Gasteiger partial charge in [-0.05, 0) is 40.8 Å². The summed E-state index contributed by atoms with van der Waals surface area (Å²) >= 11 is 0. The van der Waals surface area contributed by atoms with E-state index >= 15 is 0 Å². The minimum absolute atomic E-state index is 0.188. The normalized spacial score (nSPS) is 26.5. The molecule has 2 fully saturated rings. The lowest BCUT2D eigenvalue weighted by Gasteiger charge is -2.41. The molecule has 0 aromatic heterocycles. The Morgan fingerprint density at radius 1 is 1.26 bits per heavy atom. The fourth-order valence-electron chi connectivity index (χ4n) is 3.72. The van der Waals surface area contributed by atoms with Gasteiger partial charge in [0.2, 0.25) is 0 Å². The molecule has 0 bridgehead atoms. The van der Waals surface area contributed by atoms with Crippen LogP contribution in [0.1, 0.15) is 39.5 Å². The molecule has 2 rings (SSSR count). The van der Waals surface area contributed by atoms with E-state index < -0.39 is 14.6 Å². The maximum atomic E-state index is 12.2. The van der Waals surface area contributed by atoms with Crippen molar-refractivity contribution in [2.24, 2.45) is 4.99 Å². The van der Waals surface area contributed by atoms with E-state index in [1.165, 1.54) is 25.7 Å². The monoisotopic (exact) mass is 344 g/mol.